The maximum atomic E-state index is 12.4. The lowest BCUT2D eigenvalue weighted by Gasteiger charge is -2.23. The van der Waals surface area contributed by atoms with Gasteiger partial charge in [-0.1, -0.05) is 19.3 Å². The molecule has 1 unspecified atom stereocenters. The second-order valence-electron chi connectivity index (χ2n) is 6.24. The van der Waals surface area contributed by atoms with Crippen LogP contribution in [-0.2, 0) is 4.79 Å². The molecule has 1 aliphatic heterocycles. The zero-order chi connectivity index (χ0) is 14.9. The van der Waals surface area contributed by atoms with Crippen LogP contribution < -0.4 is 5.32 Å². The van der Waals surface area contributed by atoms with Crippen LogP contribution >= 0.6 is 0 Å². The fraction of sp³-hybridized carbons (Fsp3) is 0.471. The Morgan fingerprint density at radius 2 is 2.18 bits per heavy atom. The van der Waals surface area contributed by atoms with Crippen molar-refractivity contribution in [1.29, 1.82) is 0 Å². The van der Waals surface area contributed by atoms with Gasteiger partial charge in [-0.2, -0.15) is 0 Å². The predicted molar refractivity (Wildman–Crippen MR) is 83.2 cm³/mol. The number of nitrogens with one attached hydrogen (secondary N) is 1. The van der Waals surface area contributed by atoms with Crippen molar-refractivity contribution in [2.75, 3.05) is 0 Å². The van der Waals surface area contributed by atoms with Gasteiger partial charge in [0, 0.05) is 17.8 Å². The number of carbonyl (C=O) groups is 1. The van der Waals surface area contributed by atoms with E-state index < -0.39 is 0 Å². The maximum absolute atomic E-state index is 12.4. The van der Waals surface area contributed by atoms with Gasteiger partial charge >= 0.3 is 0 Å². The molecule has 114 valence electrons. The highest BCUT2D eigenvalue weighted by Gasteiger charge is 2.31. The fourth-order valence-electron chi connectivity index (χ4n) is 3.70. The molecule has 1 aliphatic carbocycles. The lowest BCUT2D eigenvalue weighted by Crippen LogP contribution is -2.37. The Balaban J connectivity index is 1.52. The quantitative estimate of drug-likeness (QED) is 0.947. The summed E-state index contributed by atoms with van der Waals surface area (Å²) < 4.78 is 2.07. The third kappa shape index (κ3) is 2.30. The third-order valence-corrected chi connectivity index (χ3v) is 4.78. The molecule has 0 aromatic carbocycles. The first-order valence-corrected chi connectivity index (χ1v) is 8.09. The Morgan fingerprint density at radius 3 is 3.05 bits per heavy atom. The Morgan fingerprint density at radius 1 is 1.32 bits per heavy atom. The first kappa shape index (κ1) is 13.5. The summed E-state index contributed by atoms with van der Waals surface area (Å²) in [6, 6.07) is 4.31. The van der Waals surface area contributed by atoms with Gasteiger partial charge in [0.1, 0.15) is 0 Å². The molecule has 2 aliphatic rings. The smallest absolute Gasteiger partial charge is 0.222 e. The number of fused-ring (bicyclic) bond motifs is 3. The van der Waals surface area contributed by atoms with E-state index >= 15 is 0 Å². The van der Waals surface area contributed by atoms with E-state index in [0.29, 0.717) is 12.5 Å². The van der Waals surface area contributed by atoms with Crippen molar-refractivity contribution in [1.82, 2.24) is 19.9 Å². The summed E-state index contributed by atoms with van der Waals surface area (Å²) in [6.45, 7) is 0. The van der Waals surface area contributed by atoms with Crippen molar-refractivity contribution in [3.63, 3.8) is 0 Å². The summed E-state index contributed by atoms with van der Waals surface area (Å²) in [5.41, 5.74) is 3.13. The molecule has 1 fully saturated rings. The molecule has 2 aromatic heterocycles. The largest absolute Gasteiger partial charge is 0.353 e. The van der Waals surface area contributed by atoms with Gasteiger partial charge in [0.2, 0.25) is 5.91 Å². The Labute approximate surface area is 129 Å². The molecule has 0 bridgehead atoms. The van der Waals surface area contributed by atoms with E-state index in [9.17, 15) is 4.79 Å². The van der Waals surface area contributed by atoms with Crippen molar-refractivity contribution in [2.24, 2.45) is 0 Å². The molecule has 0 radical (unpaired) electrons. The van der Waals surface area contributed by atoms with Crippen LogP contribution in [0.3, 0.4) is 0 Å². The van der Waals surface area contributed by atoms with E-state index in [4.69, 9.17) is 0 Å². The van der Waals surface area contributed by atoms with Gasteiger partial charge in [-0.15, -0.1) is 0 Å². The highest BCUT2D eigenvalue weighted by atomic mass is 16.1. The lowest BCUT2D eigenvalue weighted by molar-refractivity contribution is -0.122. The monoisotopic (exact) mass is 296 g/mol. The highest BCUT2D eigenvalue weighted by molar-refractivity contribution is 5.79. The highest BCUT2D eigenvalue weighted by Crippen LogP contribution is 2.39. The van der Waals surface area contributed by atoms with Crippen LogP contribution in [0.25, 0.3) is 11.3 Å². The SMILES string of the molecule is O=C(CC1c2ncccc2-c2cncn21)NC1CCCCC1. The standard InChI is InChI=1S/C17H20N4O/c22-16(20-12-5-2-1-3-6-12)9-14-17-13(7-4-8-19-17)15-10-18-11-21(14)15/h4,7-8,10-12,14H,1-3,5-6,9H2,(H,20,22). The predicted octanol–water partition coefficient (Wildman–Crippen LogP) is 2.69. The molecule has 4 rings (SSSR count). The molecule has 5 nitrogen and oxygen atoms in total. The number of imidazole rings is 1. The first-order chi connectivity index (χ1) is 10.8. The summed E-state index contributed by atoms with van der Waals surface area (Å²) >= 11 is 0. The van der Waals surface area contributed by atoms with E-state index in [1.165, 1.54) is 19.3 Å². The molecule has 0 spiro atoms. The van der Waals surface area contributed by atoms with Crippen LogP contribution in [0, 0.1) is 0 Å². The Kier molecular flexibility index (Phi) is 3.41. The van der Waals surface area contributed by atoms with Crippen molar-refractivity contribution < 1.29 is 4.79 Å². The number of carbonyl (C=O) groups excluding carboxylic acids is 1. The van der Waals surface area contributed by atoms with E-state index in [1.54, 1.807) is 12.5 Å². The number of amides is 1. The zero-order valence-corrected chi connectivity index (χ0v) is 12.5. The van der Waals surface area contributed by atoms with E-state index in [-0.39, 0.29) is 11.9 Å². The van der Waals surface area contributed by atoms with Gasteiger partial charge in [0.25, 0.3) is 0 Å². The van der Waals surface area contributed by atoms with E-state index in [0.717, 1.165) is 29.8 Å². The maximum Gasteiger partial charge on any atom is 0.222 e. The van der Waals surface area contributed by atoms with Gasteiger partial charge in [0.05, 0.1) is 36.4 Å². The van der Waals surface area contributed by atoms with Crippen LogP contribution in [0.4, 0.5) is 0 Å². The minimum absolute atomic E-state index is 0.0303. The van der Waals surface area contributed by atoms with Gasteiger partial charge in [-0.05, 0) is 25.0 Å². The molecule has 2 aromatic rings. The normalized spacial score (nSPS) is 20.5. The summed E-state index contributed by atoms with van der Waals surface area (Å²) in [7, 11) is 0. The van der Waals surface area contributed by atoms with Crippen molar-refractivity contribution >= 4 is 5.91 Å². The van der Waals surface area contributed by atoms with E-state index in [1.807, 2.05) is 12.3 Å². The summed E-state index contributed by atoms with van der Waals surface area (Å²) in [6.07, 6.45) is 11.9. The molecule has 5 heteroatoms. The summed E-state index contributed by atoms with van der Waals surface area (Å²) in [5.74, 6) is 0.120. The fourth-order valence-corrected chi connectivity index (χ4v) is 3.70. The summed E-state index contributed by atoms with van der Waals surface area (Å²) in [4.78, 5) is 21.2. The van der Waals surface area contributed by atoms with Gasteiger partial charge < -0.3 is 9.88 Å². The number of hydrogen-bond acceptors (Lipinski definition) is 3. The average Bonchev–Trinajstić information content (AvgIpc) is 3.12. The number of pyridine rings is 1. The topological polar surface area (TPSA) is 59.8 Å². The molecule has 0 saturated heterocycles. The minimum Gasteiger partial charge on any atom is -0.353 e. The van der Waals surface area contributed by atoms with Gasteiger partial charge in [-0.3, -0.25) is 9.78 Å². The molecule has 1 N–H and O–H groups in total. The van der Waals surface area contributed by atoms with Crippen molar-refractivity contribution in [3.05, 3.63) is 36.5 Å². The number of nitrogens with zero attached hydrogens (tertiary/aromatic N) is 3. The molecule has 22 heavy (non-hydrogen) atoms. The van der Waals surface area contributed by atoms with Crippen molar-refractivity contribution in [2.45, 2.75) is 50.6 Å². The van der Waals surface area contributed by atoms with Crippen molar-refractivity contribution in [3.8, 4) is 11.3 Å². The number of aromatic nitrogens is 3. The Hall–Kier alpha value is -2.17. The molecule has 1 saturated carbocycles. The average molecular weight is 296 g/mol. The van der Waals surface area contributed by atoms with Crippen LogP contribution in [0.2, 0.25) is 0 Å². The second-order valence-corrected chi connectivity index (χ2v) is 6.24. The van der Waals surface area contributed by atoms with Crippen LogP contribution in [0.1, 0.15) is 50.3 Å². The third-order valence-electron chi connectivity index (χ3n) is 4.78. The minimum atomic E-state index is -0.0303. The zero-order valence-electron chi connectivity index (χ0n) is 12.5. The van der Waals surface area contributed by atoms with Crippen LogP contribution in [0.5, 0.6) is 0 Å². The van der Waals surface area contributed by atoms with Gasteiger partial charge in [-0.25, -0.2) is 4.98 Å². The summed E-state index contributed by atoms with van der Waals surface area (Å²) in [5, 5.41) is 3.20. The van der Waals surface area contributed by atoms with E-state index in [2.05, 4.69) is 25.9 Å². The van der Waals surface area contributed by atoms with Crippen LogP contribution in [-0.4, -0.2) is 26.5 Å². The van der Waals surface area contributed by atoms with Gasteiger partial charge in [0.15, 0.2) is 0 Å². The molecular weight excluding hydrogens is 276 g/mol. The molecule has 1 amide bonds. The van der Waals surface area contributed by atoms with Crippen LogP contribution in [0.15, 0.2) is 30.9 Å². The number of rotatable bonds is 3. The Bertz CT molecular complexity index is 687. The lowest BCUT2D eigenvalue weighted by atomic mass is 9.95. The second kappa shape index (κ2) is 5.55. The molecular formula is C17H20N4O. The molecule has 1 atom stereocenters. The first-order valence-electron chi connectivity index (χ1n) is 8.09. The molecule has 3 heterocycles. The number of hydrogen-bond donors (Lipinski definition) is 1.